The monoisotopic (exact) mass is 340 g/mol. The summed E-state index contributed by atoms with van der Waals surface area (Å²) in [4.78, 5) is 26.7. The lowest BCUT2D eigenvalue weighted by molar-refractivity contribution is -0.130. The van der Waals surface area contributed by atoms with Gasteiger partial charge in [0.15, 0.2) is 12.3 Å². The van der Waals surface area contributed by atoms with Crippen molar-refractivity contribution in [1.29, 1.82) is 0 Å². The summed E-state index contributed by atoms with van der Waals surface area (Å²) in [5, 5.41) is 0. The molecule has 0 saturated carbocycles. The molecule has 2 N–H and O–H groups in total. The zero-order valence-electron chi connectivity index (χ0n) is 12.9. The minimum atomic E-state index is -0.589. The second-order valence-electron chi connectivity index (χ2n) is 5.17. The number of aliphatic imine (C=N–C) groups is 1. The second kappa shape index (κ2) is 6.96. The summed E-state index contributed by atoms with van der Waals surface area (Å²) in [5.41, 5.74) is 6.34. The summed E-state index contributed by atoms with van der Waals surface area (Å²) < 4.78 is 23.2. The number of amides is 1. The zero-order chi connectivity index (χ0) is 17.8. The van der Waals surface area contributed by atoms with Crippen molar-refractivity contribution in [2.75, 3.05) is 6.61 Å². The van der Waals surface area contributed by atoms with Gasteiger partial charge in [0.25, 0.3) is 5.91 Å². The number of carbonyl (C=O) groups excluding carboxylic acids is 2. The SMILES string of the molecule is NC(=O)COc1ccc(/C=C2\N=C(c3ccc(F)cc3)OC2=O)cc1. The van der Waals surface area contributed by atoms with Gasteiger partial charge >= 0.3 is 5.97 Å². The number of hydrogen-bond acceptors (Lipinski definition) is 5. The summed E-state index contributed by atoms with van der Waals surface area (Å²) >= 11 is 0. The van der Waals surface area contributed by atoms with Crippen LogP contribution in [0, 0.1) is 5.82 Å². The number of rotatable bonds is 5. The predicted molar refractivity (Wildman–Crippen MR) is 88.1 cm³/mol. The average Bonchev–Trinajstić information content (AvgIpc) is 2.95. The van der Waals surface area contributed by atoms with Crippen LogP contribution in [0.5, 0.6) is 5.75 Å². The Morgan fingerprint density at radius 1 is 1.16 bits per heavy atom. The Balaban J connectivity index is 1.77. The van der Waals surface area contributed by atoms with Crippen molar-refractivity contribution < 1.29 is 23.5 Å². The number of ether oxygens (including phenoxy) is 2. The fraction of sp³-hybridized carbons (Fsp3) is 0.0556. The predicted octanol–water partition coefficient (Wildman–Crippen LogP) is 2.03. The maximum Gasteiger partial charge on any atom is 0.363 e. The summed E-state index contributed by atoms with van der Waals surface area (Å²) in [7, 11) is 0. The molecule has 7 heteroatoms. The quantitative estimate of drug-likeness (QED) is 0.666. The van der Waals surface area contributed by atoms with Crippen molar-refractivity contribution in [3.63, 3.8) is 0 Å². The van der Waals surface area contributed by atoms with Crippen LogP contribution in [-0.2, 0) is 14.3 Å². The van der Waals surface area contributed by atoms with Crippen molar-refractivity contribution in [2.45, 2.75) is 0 Å². The number of carbonyl (C=O) groups is 2. The van der Waals surface area contributed by atoms with Gasteiger partial charge in [-0.2, -0.15) is 0 Å². The first-order valence-corrected chi connectivity index (χ1v) is 7.31. The number of halogens is 1. The molecular weight excluding hydrogens is 327 g/mol. The van der Waals surface area contributed by atoms with Crippen LogP contribution < -0.4 is 10.5 Å². The molecule has 2 aromatic carbocycles. The van der Waals surface area contributed by atoms with E-state index in [-0.39, 0.29) is 24.0 Å². The van der Waals surface area contributed by atoms with Crippen LogP contribution in [0.3, 0.4) is 0 Å². The van der Waals surface area contributed by atoms with E-state index in [1.165, 1.54) is 24.3 Å². The molecule has 0 aromatic heterocycles. The van der Waals surface area contributed by atoms with Crippen LogP contribution in [0.25, 0.3) is 6.08 Å². The molecule has 2 aromatic rings. The van der Waals surface area contributed by atoms with Gasteiger partial charge in [-0.3, -0.25) is 4.79 Å². The lowest BCUT2D eigenvalue weighted by atomic mass is 10.2. The van der Waals surface area contributed by atoms with Gasteiger partial charge in [0.05, 0.1) is 0 Å². The summed E-state index contributed by atoms with van der Waals surface area (Å²) in [6.07, 6.45) is 1.55. The Kier molecular flexibility index (Phi) is 4.56. The molecule has 6 nitrogen and oxygen atoms in total. The van der Waals surface area contributed by atoms with Crippen LogP contribution in [0.2, 0.25) is 0 Å². The van der Waals surface area contributed by atoms with E-state index in [4.69, 9.17) is 15.2 Å². The highest BCUT2D eigenvalue weighted by atomic mass is 19.1. The molecule has 25 heavy (non-hydrogen) atoms. The van der Waals surface area contributed by atoms with Gasteiger partial charge in [-0.1, -0.05) is 12.1 Å². The number of hydrogen-bond donors (Lipinski definition) is 1. The number of nitrogens with two attached hydrogens (primary N) is 1. The average molecular weight is 340 g/mol. The Hall–Kier alpha value is -3.48. The van der Waals surface area contributed by atoms with E-state index in [2.05, 4.69) is 4.99 Å². The van der Waals surface area contributed by atoms with E-state index in [1.54, 1.807) is 30.3 Å². The second-order valence-corrected chi connectivity index (χ2v) is 5.17. The van der Waals surface area contributed by atoms with Crippen LogP contribution in [0.15, 0.2) is 59.2 Å². The first-order chi connectivity index (χ1) is 12.0. The maximum absolute atomic E-state index is 13.0. The van der Waals surface area contributed by atoms with Crippen LogP contribution in [0.4, 0.5) is 4.39 Å². The highest BCUT2D eigenvalue weighted by Crippen LogP contribution is 2.20. The first-order valence-electron chi connectivity index (χ1n) is 7.31. The molecule has 0 radical (unpaired) electrons. The third-order valence-electron chi connectivity index (χ3n) is 3.28. The summed E-state index contributed by atoms with van der Waals surface area (Å²) in [6.45, 7) is -0.210. The molecule has 0 unspecified atom stereocenters. The molecule has 0 saturated heterocycles. The van der Waals surface area contributed by atoms with Gasteiger partial charge in [0, 0.05) is 5.56 Å². The number of nitrogens with zero attached hydrogens (tertiary/aromatic N) is 1. The fourth-order valence-electron chi connectivity index (χ4n) is 2.10. The van der Waals surface area contributed by atoms with E-state index in [0.717, 1.165) is 0 Å². The van der Waals surface area contributed by atoms with Crippen molar-refractivity contribution in [3.8, 4) is 5.75 Å². The van der Waals surface area contributed by atoms with E-state index in [0.29, 0.717) is 16.9 Å². The molecule has 0 aliphatic carbocycles. The van der Waals surface area contributed by atoms with Crippen LogP contribution in [0.1, 0.15) is 11.1 Å². The molecule has 1 aliphatic heterocycles. The van der Waals surface area contributed by atoms with Crippen molar-refractivity contribution in [3.05, 3.63) is 71.2 Å². The number of esters is 1. The molecule has 0 fully saturated rings. The van der Waals surface area contributed by atoms with Gasteiger partial charge in [-0.15, -0.1) is 0 Å². The molecule has 0 atom stereocenters. The highest BCUT2D eigenvalue weighted by Gasteiger charge is 2.24. The Morgan fingerprint density at radius 3 is 2.48 bits per heavy atom. The molecule has 1 heterocycles. The van der Waals surface area contributed by atoms with Crippen molar-refractivity contribution >= 4 is 23.9 Å². The minimum absolute atomic E-state index is 0.123. The van der Waals surface area contributed by atoms with Crippen LogP contribution >= 0.6 is 0 Å². The summed E-state index contributed by atoms with van der Waals surface area (Å²) in [5.74, 6) is -0.942. The molecule has 126 valence electrons. The first kappa shape index (κ1) is 16.4. The van der Waals surface area contributed by atoms with E-state index in [1.807, 2.05) is 0 Å². The highest BCUT2D eigenvalue weighted by molar-refractivity contribution is 6.12. The topological polar surface area (TPSA) is 91.0 Å². The normalized spacial score (nSPS) is 15.0. The van der Waals surface area contributed by atoms with Gasteiger partial charge in [-0.25, -0.2) is 14.2 Å². The maximum atomic E-state index is 13.0. The Morgan fingerprint density at radius 2 is 1.84 bits per heavy atom. The van der Waals surface area contributed by atoms with Crippen molar-refractivity contribution in [2.24, 2.45) is 10.7 Å². The largest absolute Gasteiger partial charge is 0.484 e. The zero-order valence-corrected chi connectivity index (χ0v) is 12.9. The van der Waals surface area contributed by atoms with Crippen molar-refractivity contribution in [1.82, 2.24) is 0 Å². The molecule has 1 amide bonds. The molecule has 0 spiro atoms. The molecular formula is C18H13FN2O4. The van der Waals surface area contributed by atoms with Gasteiger partial charge in [-0.05, 0) is 48.0 Å². The summed E-state index contributed by atoms with van der Waals surface area (Å²) in [6, 6.07) is 12.2. The number of cyclic esters (lactones) is 1. The van der Waals surface area contributed by atoms with E-state index >= 15 is 0 Å². The van der Waals surface area contributed by atoms with Gasteiger partial charge in [0.1, 0.15) is 11.6 Å². The number of benzene rings is 2. The van der Waals surface area contributed by atoms with E-state index < -0.39 is 11.9 Å². The Labute approximate surface area is 142 Å². The fourth-order valence-corrected chi connectivity index (χ4v) is 2.10. The molecule has 0 bridgehead atoms. The molecule has 3 rings (SSSR count). The molecule has 1 aliphatic rings. The third-order valence-corrected chi connectivity index (χ3v) is 3.28. The van der Waals surface area contributed by atoms with Crippen LogP contribution in [-0.4, -0.2) is 24.4 Å². The number of primary amides is 1. The lowest BCUT2D eigenvalue weighted by Gasteiger charge is -2.03. The smallest absolute Gasteiger partial charge is 0.363 e. The third kappa shape index (κ3) is 4.08. The standard InChI is InChI=1S/C18H13FN2O4/c19-13-5-3-12(4-6-13)17-21-15(18(23)25-17)9-11-1-7-14(8-2-11)24-10-16(20)22/h1-9H,10H2,(H2,20,22)/b15-9-. The minimum Gasteiger partial charge on any atom is -0.484 e. The van der Waals surface area contributed by atoms with Gasteiger partial charge < -0.3 is 15.2 Å². The lowest BCUT2D eigenvalue weighted by Crippen LogP contribution is -2.19. The van der Waals surface area contributed by atoms with Gasteiger partial charge in [0.2, 0.25) is 5.90 Å². The van der Waals surface area contributed by atoms with E-state index in [9.17, 15) is 14.0 Å². The Bertz CT molecular complexity index is 871.